The van der Waals surface area contributed by atoms with E-state index in [2.05, 4.69) is 24.3 Å². The van der Waals surface area contributed by atoms with Crippen molar-refractivity contribution in [2.75, 3.05) is 19.8 Å². The van der Waals surface area contributed by atoms with Crippen molar-refractivity contribution in [2.24, 2.45) is 0 Å². The second-order valence-corrected chi connectivity index (χ2v) is 9.07. The normalized spacial score (nSPS) is 14.1. The Balaban J connectivity index is 1.40. The number of nitrogens with zero attached hydrogens (tertiary/aromatic N) is 1. The molecular weight excluding hydrogens is 450 g/mol. The summed E-state index contributed by atoms with van der Waals surface area (Å²) in [6.07, 6.45) is -0.557. The van der Waals surface area contributed by atoms with E-state index < -0.39 is 12.2 Å². The number of ether oxygens (including phenoxy) is 2. The molecule has 6 heteroatoms. The van der Waals surface area contributed by atoms with Gasteiger partial charge >= 0.3 is 6.09 Å². The predicted molar refractivity (Wildman–Crippen MR) is 134 cm³/mol. The third-order valence-corrected chi connectivity index (χ3v) is 6.57. The summed E-state index contributed by atoms with van der Waals surface area (Å²) in [4.78, 5) is 14.7. The molecule has 0 saturated carbocycles. The predicted octanol–water partition coefficient (Wildman–Crippen LogP) is 6.13. The van der Waals surface area contributed by atoms with Crippen LogP contribution >= 0.6 is 11.6 Å². The van der Waals surface area contributed by atoms with Crippen molar-refractivity contribution in [3.63, 3.8) is 0 Å². The molecule has 34 heavy (non-hydrogen) atoms. The molecule has 3 aromatic rings. The first-order valence-corrected chi connectivity index (χ1v) is 12.0. The molecule has 0 bridgehead atoms. The van der Waals surface area contributed by atoms with E-state index in [-0.39, 0.29) is 31.7 Å². The fraction of sp³-hybridized carbons (Fsp3) is 0.321. The highest BCUT2D eigenvalue weighted by Gasteiger charge is 2.30. The SMILES string of the molecule is CCC(C)N(CC(O)COc1cccc(Cl)c1)C(=O)OCC1c2ccccc2-c2ccccc21. The summed E-state index contributed by atoms with van der Waals surface area (Å²) in [7, 11) is 0. The summed E-state index contributed by atoms with van der Waals surface area (Å²) in [6.45, 7) is 4.36. The van der Waals surface area contributed by atoms with Crippen LogP contribution in [-0.4, -0.2) is 48.0 Å². The average molecular weight is 480 g/mol. The molecule has 1 N–H and O–H groups in total. The first-order valence-electron chi connectivity index (χ1n) is 11.7. The van der Waals surface area contributed by atoms with Crippen LogP contribution in [0.25, 0.3) is 11.1 Å². The Morgan fingerprint density at radius 1 is 1.03 bits per heavy atom. The Morgan fingerprint density at radius 3 is 2.29 bits per heavy atom. The van der Waals surface area contributed by atoms with Crippen LogP contribution in [0, 0.1) is 0 Å². The average Bonchev–Trinajstić information content (AvgIpc) is 3.18. The number of hydrogen-bond donors (Lipinski definition) is 1. The molecule has 1 aliphatic carbocycles. The van der Waals surface area contributed by atoms with Crippen LogP contribution in [0.2, 0.25) is 5.02 Å². The molecule has 0 radical (unpaired) electrons. The standard InChI is InChI=1S/C28H30ClNO4/c1-3-19(2)30(16-21(31)17-33-22-10-8-9-20(29)15-22)28(32)34-18-27-25-13-6-4-11-23(25)24-12-5-7-14-26(24)27/h4-15,19,21,27,31H,3,16-18H2,1-2H3. The van der Waals surface area contributed by atoms with E-state index in [0.29, 0.717) is 10.8 Å². The van der Waals surface area contributed by atoms with E-state index >= 15 is 0 Å². The minimum absolute atomic E-state index is 0.00813. The van der Waals surface area contributed by atoms with Crippen molar-refractivity contribution in [3.05, 3.63) is 88.9 Å². The lowest BCUT2D eigenvalue weighted by atomic mass is 9.98. The zero-order valence-corrected chi connectivity index (χ0v) is 20.2. The van der Waals surface area contributed by atoms with E-state index in [9.17, 15) is 9.90 Å². The number of carbonyl (C=O) groups excluding carboxylic acids is 1. The van der Waals surface area contributed by atoms with Crippen LogP contribution in [0.15, 0.2) is 72.8 Å². The number of rotatable bonds is 9. The zero-order valence-electron chi connectivity index (χ0n) is 19.5. The fourth-order valence-electron chi connectivity index (χ4n) is 4.36. The van der Waals surface area contributed by atoms with E-state index in [0.717, 1.165) is 6.42 Å². The van der Waals surface area contributed by atoms with Gasteiger partial charge in [0.15, 0.2) is 0 Å². The van der Waals surface area contributed by atoms with Gasteiger partial charge in [0.2, 0.25) is 0 Å². The van der Waals surface area contributed by atoms with Gasteiger partial charge in [-0.25, -0.2) is 4.79 Å². The fourth-order valence-corrected chi connectivity index (χ4v) is 4.54. The highest BCUT2D eigenvalue weighted by Crippen LogP contribution is 2.44. The van der Waals surface area contributed by atoms with Gasteiger partial charge < -0.3 is 19.5 Å². The van der Waals surface area contributed by atoms with Gasteiger partial charge in [0.25, 0.3) is 0 Å². The smallest absolute Gasteiger partial charge is 0.410 e. The molecule has 0 heterocycles. The molecule has 0 aromatic heterocycles. The van der Waals surface area contributed by atoms with E-state index in [1.165, 1.54) is 22.3 Å². The molecule has 0 spiro atoms. The number of halogens is 1. The topological polar surface area (TPSA) is 59.0 Å². The van der Waals surface area contributed by atoms with E-state index in [1.807, 2.05) is 38.1 Å². The minimum Gasteiger partial charge on any atom is -0.491 e. The number of benzene rings is 3. The number of carbonyl (C=O) groups is 1. The molecule has 0 saturated heterocycles. The molecule has 4 rings (SSSR count). The van der Waals surface area contributed by atoms with E-state index in [4.69, 9.17) is 21.1 Å². The van der Waals surface area contributed by atoms with Gasteiger partial charge in [0.1, 0.15) is 25.1 Å². The second kappa shape index (κ2) is 10.9. The van der Waals surface area contributed by atoms with Crippen LogP contribution in [0.3, 0.4) is 0 Å². The third kappa shape index (κ3) is 5.37. The van der Waals surface area contributed by atoms with Crippen molar-refractivity contribution in [1.29, 1.82) is 0 Å². The molecule has 0 aliphatic heterocycles. The molecule has 0 fully saturated rings. The summed E-state index contributed by atoms with van der Waals surface area (Å²) in [5, 5.41) is 11.1. The van der Waals surface area contributed by atoms with Crippen LogP contribution in [0.4, 0.5) is 4.79 Å². The Kier molecular flexibility index (Phi) is 7.76. The number of amides is 1. The number of aliphatic hydroxyl groups excluding tert-OH is 1. The van der Waals surface area contributed by atoms with Gasteiger partial charge in [-0.1, -0.05) is 73.1 Å². The second-order valence-electron chi connectivity index (χ2n) is 8.64. The molecule has 1 aliphatic rings. The van der Waals surface area contributed by atoms with Gasteiger partial charge in [0.05, 0.1) is 6.54 Å². The monoisotopic (exact) mass is 479 g/mol. The quantitative estimate of drug-likeness (QED) is 0.401. The molecular formula is C28H30ClNO4. The highest BCUT2D eigenvalue weighted by molar-refractivity contribution is 6.30. The Labute approximate surface area is 205 Å². The molecule has 2 unspecified atom stereocenters. The van der Waals surface area contributed by atoms with Crippen LogP contribution < -0.4 is 4.74 Å². The van der Waals surface area contributed by atoms with Gasteiger partial charge in [-0.2, -0.15) is 0 Å². The van der Waals surface area contributed by atoms with Gasteiger partial charge in [0, 0.05) is 17.0 Å². The molecule has 3 aromatic carbocycles. The summed E-state index contributed by atoms with van der Waals surface area (Å²) in [5.41, 5.74) is 4.71. The number of hydrogen-bond acceptors (Lipinski definition) is 4. The molecule has 1 amide bonds. The Morgan fingerprint density at radius 2 is 1.68 bits per heavy atom. The third-order valence-electron chi connectivity index (χ3n) is 6.34. The van der Waals surface area contributed by atoms with Crippen LogP contribution in [0.1, 0.15) is 37.3 Å². The van der Waals surface area contributed by atoms with Crippen LogP contribution in [0.5, 0.6) is 5.75 Å². The summed E-state index contributed by atoms with van der Waals surface area (Å²) >= 11 is 5.99. The van der Waals surface area contributed by atoms with Crippen molar-refractivity contribution >= 4 is 17.7 Å². The largest absolute Gasteiger partial charge is 0.491 e. The van der Waals surface area contributed by atoms with Crippen LogP contribution in [-0.2, 0) is 4.74 Å². The van der Waals surface area contributed by atoms with Crippen molar-refractivity contribution in [2.45, 2.75) is 38.3 Å². The zero-order chi connectivity index (χ0) is 24.1. The van der Waals surface area contributed by atoms with Crippen molar-refractivity contribution < 1.29 is 19.4 Å². The van der Waals surface area contributed by atoms with Gasteiger partial charge in [-0.05, 0) is 53.8 Å². The summed E-state index contributed by atoms with van der Waals surface area (Å²) in [6, 6.07) is 23.4. The van der Waals surface area contributed by atoms with Crippen molar-refractivity contribution in [1.82, 2.24) is 4.90 Å². The maximum absolute atomic E-state index is 13.1. The van der Waals surface area contributed by atoms with E-state index in [1.54, 1.807) is 29.2 Å². The lowest BCUT2D eigenvalue weighted by molar-refractivity contribution is 0.0387. The van der Waals surface area contributed by atoms with Gasteiger partial charge in [-0.15, -0.1) is 0 Å². The maximum atomic E-state index is 13.1. The number of fused-ring (bicyclic) bond motifs is 3. The first kappa shape index (κ1) is 24.1. The van der Waals surface area contributed by atoms with Gasteiger partial charge in [-0.3, -0.25) is 0 Å². The lowest BCUT2D eigenvalue weighted by Crippen LogP contribution is -2.45. The molecule has 178 valence electrons. The highest BCUT2D eigenvalue weighted by atomic mass is 35.5. The Bertz CT molecular complexity index is 1090. The number of aliphatic hydroxyl groups is 1. The molecule has 2 atom stereocenters. The summed E-state index contributed by atoms with van der Waals surface area (Å²) in [5.74, 6) is 0.564. The minimum atomic E-state index is -0.867. The first-order chi connectivity index (χ1) is 16.5. The Hall–Kier alpha value is -3.02. The maximum Gasteiger partial charge on any atom is 0.410 e. The summed E-state index contributed by atoms with van der Waals surface area (Å²) < 4.78 is 11.5. The lowest BCUT2D eigenvalue weighted by Gasteiger charge is -2.30. The molecule has 5 nitrogen and oxygen atoms in total. The van der Waals surface area contributed by atoms with Crippen molar-refractivity contribution in [3.8, 4) is 16.9 Å².